The van der Waals surface area contributed by atoms with Gasteiger partial charge in [-0.05, 0) is 24.1 Å². The minimum absolute atomic E-state index is 0. The van der Waals surface area contributed by atoms with Crippen molar-refractivity contribution in [1.29, 1.82) is 0 Å². The Morgan fingerprint density at radius 2 is 2.12 bits per heavy atom. The number of nitro benzene ring substituents is 1. The fraction of sp³-hybridized carbons (Fsp3) is 0.312. The summed E-state index contributed by atoms with van der Waals surface area (Å²) in [6, 6.07) is 7.08. The van der Waals surface area contributed by atoms with Crippen molar-refractivity contribution in [2.24, 2.45) is 0 Å². The molecule has 1 saturated heterocycles. The first-order valence-electron chi connectivity index (χ1n) is 7.79. The number of hydrogen-bond acceptors (Lipinski definition) is 6. The maximum atomic E-state index is 13.2. The molecule has 1 fully saturated rings. The van der Waals surface area contributed by atoms with Crippen molar-refractivity contribution < 1.29 is 13.3 Å². The van der Waals surface area contributed by atoms with Crippen LogP contribution in [0.25, 0.3) is 0 Å². The van der Waals surface area contributed by atoms with E-state index >= 15 is 0 Å². The zero-order valence-electron chi connectivity index (χ0n) is 14.0. The second-order valence-electron chi connectivity index (χ2n) is 5.83. The number of nitro groups is 1. The van der Waals surface area contributed by atoms with Gasteiger partial charge in [-0.2, -0.15) is 4.31 Å². The molecule has 1 aliphatic rings. The summed E-state index contributed by atoms with van der Waals surface area (Å²) < 4.78 is 27.8. The monoisotopic (exact) mass is 398 g/mol. The van der Waals surface area contributed by atoms with E-state index in [0.29, 0.717) is 18.7 Å². The number of halogens is 1. The molecule has 1 atom stereocenters. The van der Waals surface area contributed by atoms with Gasteiger partial charge in [0.2, 0.25) is 10.0 Å². The van der Waals surface area contributed by atoms with Crippen LogP contribution in [0.2, 0.25) is 0 Å². The van der Waals surface area contributed by atoms with Crippen LogP contribution in [0.3, 0.4) is 0 Å². The predicted octanol–water partition coefficient (Wildman–Crippen LogP) is 2.06. The lowest BCUT2D eigenvalue weighted by Crippen LogP contribution is -2.48. The van der Waals surface area contributed by atoms with Gasteiger partial charge in [0.05, 0.1) is 15.9 Å². The summed E-state index contributed by atoms with van der Waals surface area (Å²) >= 11 is 0. The maximum absolute atomic E-state index is 13.2. The number of nitrogens with one attached hydrogen (secondary N) is 1. The standard InChI is InChI=1S/C16H18N4O4S.ClH/c1-12-4-5-14(20(21)22)9-16(12)25(23,24)19-8-7-18-11-15(19)13-3-2-6-17-10-13;/h2-6,9-10,15,18H,7-8,11H2,1H3;1H. The van der Waals surface area contributed by atoms with E-state index in [2.05, 4.69) is 10.3 Å². The predicted molar refractivity (Wildman–Crippen MR) is 98.8 cm³/mol. The highest BCUT2D eigenvalue weighted by Gasteiger charge is 2.36. The van der Waals surface area contributed by atoms with Crippen LogP contribution in [-0.4, -0.2) is 42.3 Å². The molecule has 0 saturated carbocycles. The van der Waals surface area contributed by atoms with Crippen molar-refractivity contribution in [2.75, 3.05) is 19.6 Å². The summed E-state index contributed by atoms with van der Waals surface area (Å²) in [6.45, 7) is 2.89. The summed E-state index contributed by atoms with van der Waals surface area (Å²) in [5.74, 6) is 0. The first-order valence-corrected chi connectivity index (χ1v) is 9.23. The summed E-state index contributed by atoms with van der Waals surface area (Å²) in [5, 5.41) is 14.2. The van der Waals surface area contributed by atoms with E-state index in [0.717, 1.165) is 11.6 Å². The average molecular weight is 399 g/mol. The lowest BCUT2D eigenvalue weighted by atomic mass is 10.1. The molecule has 8 nitrogen and oxygen atoms in total. The number of hydrogen-bond donors (Lipinski definition) is 1. The second kappa shape index (κ2) is 8.09. The first kappa shape index (κ1) is 20.2. The molecule has 0 spiro atoms. The fourth-order valence-electron chi connectivity index (χ4n) is 2.94. The molecule has 26 heavy (non-hydrogen) atoms. The Balaban J connectivity index is 0.00000243. The highest BCUT2D eigenvalue weighted by Crippen LogP contribution is 2.31. The van der Waals surface area contributed by atoms with E-state index in [-0.39, 0.29) is 29.5 Å². The lowest BCUT2D eigenvalue weighted by molar-refractivity contribution is -0.385. The van der Waals surface area contributed by atoms with Crippen molar-refractivity contribution in [2.45, 2.75) is 17.9 Å². The van der Waals surface area contributed by atoms with Crippen molar-refractivity contribution in [1.82, 2.24) is 14.6 Å². The molecule has 0 bridgehead atoms. The maximum Gasteiger partial charge on any atom is 0.270 e. The van der Waals surface area contributed by atoms with Crippen LogP contribution in [0, 0.1) is 17.0 Å². The molecule has 1 unspecified atom stereocenters. The quantitative estimate of drug-likeness (QED) is 0.624. The molecule has 1 N–H and O–H groups in total. The number of aromatic nitrogens is 1. The largest absolute Gasteiger partial charge is 0.313 e. The Labute approximate surface area is 157 Å². The van der Waals surface area contributed by atoms with E-state index < -0.39 is 21.0 Å². The second-order valence-corrected chi connectivity index (χ2v) is 7.69. The number of piperazine rings is 1. The number of rotatable bonds is 4. The van der Waals surface area contributed by atoms with Crippen molar-refractivity contribution in [3.8, 4) is 0 Å². The molecule has 2 aromatic rings. The molecule has 0 amide bonds. The van der Waals surface area contributed by atoms with Crippen LogP contribution in [-0.2, 0) is 10.0 Å². The van der Waals surface area contributed by atoms with E-state index in [9.17, 15) is 18.5 Å². The SMILES string of the molecule is Cc1ccc([N+](=O)[O-])cc1S(=O)(=O)N1CCNCC1c1cccnc1.Cl. The molecule has 3 rings (SSSR count). The zero-order valence-corrected chi connectivity index (χ0v) is 15.7. The Morgan fingerprint density at radius 1 is 1.35 bits per heavy atom. The molecular formula is C16H19ClN4O4S. The van der Waals surface area contributed by atoms with Crippen LogP contribution in [0.5, 0.6) is 0 Å². The van der Waals surface area contributed by atoms with E-state index in [1.165, 1.54) is 16.4 Å². The Morgan fingerprint density at radius 3 is 2.77 bits per heavy atom. The Bertz CT molecular complexity index is 892. The van der Waals surface area contributed by atoms with Gasteiger partial charge in [0.1, 0.15) is 0 Å². The third-order valence-electron chi connectivity index (χ3n) is 4.23. The minimum atomic E-state index is -3.88. The first-order chi connectivity index (χ1) is 11.9. The Kier molecular flexibility index (Phi) is 6.30. The van der Waals surface area contributed by atoms with Crippen LogP contribution in [0.1, 0.15) is 17.2 Å². The van der Waals surface area contributed by atoms with Crippen molar-refractivity contribution >= 4 is 28.1 Å². The zero-order chi connectivity index (χ0) is 18.0. The van der Waals surface area contributed by atoms with Gasteiger partial charge in [-0.15, -0.1) is 12.4 Å². The van der Waals surface area contributed by atoms with Crippen LogP contribution in [0.4, 0.5) is 5.69 Å². The smallest absolute Gasteiger partial charge is 0.270 e. The molecule has 1 aromatic carbocycles. The molecule has 1 aromatic heterocycles. The van der Waals surface area contributed by atoms with Gasteiger partial charge in [-0.25, -0.2) is 8.42 Å². The van der Waals surface area contributed by atoms with E-state index in [1.807, 2.05) is 6.07 Å². The third kappa shape index (κ3) is 3.85. The number of aryl methyl sites for hydroxylation is 1. The normalized spacial score (nSPS) is 18.1. The van der Waals surface area contributed by atoms with E-state index in [1.54, 1.807) is 25.4 Å². The van der Waals surface area contributed by atoms with Crippen LogP contribution in [0.15, 0.2) is 47.6 Å². The average Bonchev–Trinajstić information content (AvgIpc) is 2.62. The molecule has 10 heteroatoms. The summed E-state index contributed by atoms with van der Waals surface area (Å²) in [7, 11) is -3.88. The number of benzene rings is 1. The molecule has 2 heterocycles. The molecule has 1 aliphatic heterocycles. The van der Waals surface area contributed by atoms with Gasteiger partial charge >= 0.3 is 0 Å². The van der Waals surface area contributed by atoms with Gasteiger partial charge < -0.3 is 5.32 Å². The Hall–Kier alpha value is -2.07. The summed E-state index contributed by atoms with van der Waals surface area (Å²) in [4.78, 5) is 14.5. The van der Waals surface area contributed by atoms with Gasteiger partial charge in [-0.1, -0.05) is 12.1 Å². The van der Waals surface area contributed by atoms with Crippen LogP contribution >= 0.6 is 12.4 Å². The highest BCUT2D eigenvalue weighted by molar-refractivity contribution is 7.89. The molecular weight excluding hydrogens is 380 g/mol. The molecule has 0 radical (unpaired) electrons. The van der Waals surface area contributed by atoms with Gasteiger partial charge in [0.25, 0.3) is 5.69 Å². The number of sulfonamides is 1. The molecule has 140 valence electrons. The number of non-ortho nitro benzene ring substituents is 1. The number of nitrogens with zero attached hydrogens (tertiary/aromatic N) is 3. The fourth-order valence-corrected chi connectivity index (χ4v) is 4.80. The van der Waals surface area contributed by atoms with Crippen molar-refractivity contribution in [3.63, 3.8) is 0 Å². The van der Waals surface area contributed by atoms with Gasteiger partial charge in [0, 0.05) is 44.2 Å². The van der Waals surface area contributed by atoms with Crippen LogP contribution < -0.4 is 5.32 Å². The van der Waals surface area contributed by atoms with Gasteiger partial charge in [0.15, 0.2) is 0 Å². The minimum Gasteiger partial charge on any atom is -0.313 e. The van der Waals surface area contributed by atoms with Gasteiger partial charge in [-0.3, -0.25) is 15.1 Å². The van der Waals surface area contributed by atoms with Crippen molar-refractivity contribution in [3.05, 3.63) is 64.0 Å². The number of pyridine rings is 1. The summed E-state index contributed by atoms with van der Waals surface area (Å²) in [5.41, 5.74) is 1.02. The summed E-state index contributed by atoms with van der Waals surface area (Å²) in [6.07, 6.45) is 3.27. The highest BCUT2D eigenvalue weighted by atomic mass is 35.5. The topological polar surface area (TPSA) is 105 Å². The lowest BCUT2D eigenvalue weighted by Gasteiger charge is -2.35. The third-order valence-corrected chi connectivity index (χ3v) is 6.28. The molecule has 0 aliphatic carbocycles. The van der Waals surface area contributed by atoms with E-state index in [4.69, 9.17) is 0 Å².